The summed E-state index contributed by atoms with van der Waals surface area (Å²) in [5, 5.41) is 0. The molecule has 0 unspecified atom stereocenters. The second kappa shape index (κ2) is 4.16. The summed E-state index contributed by atoms with van der Waals surface area (Å²) in [6.45, 7) is 12.9. The van der Waals surface area contributed by atoms with Gasteiger partial charge in [0.25, 0.3) is 0 Å². The van der Waals surface area contributed by atoms with E-state index in [1.807, 2.05) is 6.92 Å². The molecule has 0 fully saturated rings. The van der Waals surface area contributed by atoms with Crippen LogP contribution in [0, 0.1) is 11.3 Å². The van der Waals surface area contributed by atoms with E-state index in [2.05, 4.69) is 45.6 Å². The lowest BCUT2D eigenvalue weighted by atomic mass is 9.68. The smallest absolute Gasteiger partial charge is 0.00285 e. The highest BCUT2D eigenvalue weighted by Crippen LogP contribution is 2.41. The Morgan fingerprint density at radius 2 is 2.21 bits per heavy atom. The van der Waals surface area contributed by atoms with Crippen molar-refractivity contribution in [2.75, 3.05) is 0 Å². The van der Waals surface area contributed by atoms with Gasteiger partial charge in [-0.25, -0.2) is 0 Å². The zero-order valence-corrected chi connectivity index (χ0v) is 9.93. The summed E-state index contributed by atoms with van der Waals surface area (Å²) < 4.78 is 0. The van der Waals surface area contributed by atoms with Gasteiger partial charge in [0.1, 0.15) is 0 Å². The van der Waals surface area contributed by atoms with E-state index in [1.54, 1.807) is 0 Å². The zero-order valence-electron chi connectivity index (χ0n) is 9.93. The van der Waals surface area contributed by atoms with Crippen molar-refractivity contribution < 1.29 is 0 Å². The minimum absolute atomic E-state index is 0.408. The lowest BCUT2D eigenvalue weighted by Gasteiger charge is -2.36. The van der Waals surface area contributed by atoms with Gasteiger partial charge in [0.15, 0.2) is 0 Å². The number of hydrogen-bond acceptors (Lipinski definition) is 0. The molecule has 14 heavy (non-hydrogen) atoms. The second-order valence-corrected chi connectivity index (χ2v) is 5.16. The maximum Gasteiger partial charge on any atom is 0.00285 e. The van der Waals surface area contributed by atoms with E-state index in [9.17, 15) is 0 Å². The minimum atomic E-state index is 0.408. The van der Waals surface area contributed by atoms with Crippen LogP contribution < -0.4 is 0 Å². The molecular formula is C14H22. The highest BCUT2D eigenvalue weighted by Gasteiger charge is 2.30. The summed E-state index contributed by atoms with van der Waals surface area (Å²) in [6.07, 6.45) is 9.35. The van der Waals surface area contributed by atoms with Gasteiger partial charge < -0.3 is 0 Å². The molecule has 0 aliphatic heterocycles. The van der Waals surface area contributed by atoms with Gasteiger partial charge in [-0.15, -0.1) is 0 Å². The molecule has 0 heterocycles. The van der Waals surface area contributed by atoms with E-state index in [0.29, 0.717) is 11.3 Å². The van der Waals surface area contributed by atoms with Crippen molar-refractivity contribution in [3.63, 3.8) is 0 Å². The predicted molar refractivity (Wildman–Crippen MR) is 64.2 cm³/mol. The maximum absolute atomic E-state index is 3.91. The Bertz CT molecular complexity index is 276. The molecule has 0 saturated heterocycles. The SMILES string of the molecule is C=C(C)/C=C/[C@H]1C(C)=CCCC1(C)C. The Labute approximate surface area is 88.4 Å². The summed E-state index contributed by atoms with van der Waals surface area (Å²) in [4.78, 5) is 0. The first-order valence-corrected chi connectivity index (χ1v) is 5.44. The molecule has 0 heteroatoms. The Hall–Kier alpha value is -0.780. The minimum Gasteiger partial charge on any atom is -0.0961 e. The van der Waals surface area contributed by atoms with Gasteiger partial charge in [-0.05, 0) is 32.1 Å². The molecule has 0 spiro atoms. The van der Waals surface area contributed by atoms with Gasteiger partial charge >= 0.3 is 0 Å². The van der Waals surface area contributed by atoms with Crippen LogP contribution in [0.5, 0.6) is 0 Å². The fourth-order valence-electron chi connectivity index (χ4n) is 2.24. The number of rotatable bonds is 2. The largest absolute Gasteiger partial charge is 0.0961 e. The molecule has 0 aromatic carbocycles. The third-order valence-electron chi connectivity index (χ3n) is 3.16. The molecule has 0 amide bonds. The van der Waals surface area contributed by atoms with E-state index in [1.165, 1.54) is 18.4 Å². The predicted octanol–water partition coefficient (Wildman–Crippen LogP) is 4.50. The van der Waals surface area contributed by atoms with Gasteiger partial charge in [-0.1, -0.05) is 49.8 Å². The average molecular weight is 190 g/mol. The van der Waals surface area contributed by atoms with Crippen molar-refractivity contribution in [3.05, 3.63) is 36.0 Å². The van der Waals surface area contributed by atoms with Gasteiger partial charge in [0.2, 0.25) is 0 Å². The first-order valence-electron chi connectivity index (χ1n) is 5.44. The van der Waals surface area contributed by atoms with Gasteiger partial charge in [0.05, 0.1) is 0 Å². The van der Waals surface area contributed by atoms with Crippen LogP contribution in [0.25, 0.3) is 0 Å². The van der Waals surface area contributed by atoms with Crippen LogP contribution in [0.3, 0.4) is 0 Å². The fraction of sp³-hybridized carbons (Fsp3) is 0.571. The molecule has 0 aromatic rings. The van der Waals surface area contributed by atoms with Gasteiger partial charge in [-0.3, -0.25) is 0 Å². The van der Waals surface area contributed by atoms with Crippen LogP contribution in [0.4, 0.5) is 0 Å². The molecular weight excluding hydrogens is 168 g/mol. The first kappa shape index (κ1) is 11.3. The van der Waals surface area contributed by atoms with Crippen LogP contribution in [0.2, 0.25) is 0 Å². The molecule has 0 nitrogen and oxygen atoms in total. The second-order valence-electron chi connectivity index (χ2n) is 5.16. The molecule has 78 valence electrons. The number of hydrogen-bond donors (Lipinski definition) is 0. The van der Waals surface area contributed by atoms with E-state index in [0.717, 1.165) is 5.57 Å². The third-order valence-corrected chi connectivity index (χ3v) is 3.16. The molecule has 0 aromatic heterocycles. The van der Waals surface area contributed by atoms with Crippen molar-refractivity contribution in [3.8, 4) is 0 Å². The van der Waals surface area contributed by atoms with E-state index in [-0.39, 0.29) is 0 Å². The monoisotopic (exact) mass is 190 g/mol. The summed E-state index contributed by atoms with van der Waals surface area (Å²) in [5.41, 5.74) is 3.06. The lowest BCUT2D eigenvalue weighted by Crippen LogP contribution is -2.26. The molecule has 1 atom stereocenters. The zero-order chi connectivity index (χ0) is 10.8. The standard InChI is InChI=1S/C14H22/c1-11(2)8-9-13-12(3)7-6-10-14(13,4)5/h7-9,13H,1,6,10H2,2-5H3/b9-8+/t13-/m0/s1. The van der Waals surface area contributed by atoms with Crippen molar-refractivity contribution in [1.82, 2.24) is 0 Å². The normalized spacial score (nSPS) is 26.3. The highest BCUT2D eigenvalue weighted by atomic mass is 14.3. The van der Waals surface area contributed by atoms with Gasteiger partial charge in [-0.2, -0.15) is 0 Å². The highest BCUT2D eigenvalue weighted by molar-refractivity contribution is 5.22. The third kappa shape index (κ3) is 2.60. The molecule has 0 bridgehead atoms. The van der Waals surface area contributed by atoms with Crippen molar-refractivity contribution in [1.29, 1.82) is 0 Å². The summed E-state index contributed by atoms with van der Waals surface area (Å²) >= 11 is 0. The van der Waals surface area contributed by atoms with Crippen LogP contribution in [0.15, 0.2) is 36.0 Å². The quantitative estimate of drug-likeness (QED) is 0.444. The van der Waals surface area contributed by atoms with E-state index in [4.69, 9.17) is 0 Å². The molecule has 1 aliphatic carbocycles. The lowest BCUT2D eigenvalue weighted by molar-refractivity contribution is 0.255. The van der Waals surface area contributed by atoms with Gasteiger partial charge in [0, 0.05) is 5.92 Å². The Morgan fingerprint density at radius 3 is 2.71 bits per heavy atom. The molecule has 1 rings (SSSR count). The van der Waals surface area contributed by atoms with E-state index < -0.39 is 0 Å². The van der Waals surface area contributed by atoms with E-state index >= 15 is 0 Å². The van der Waals surface area contributed by atoms with Crippen LogP contribution >= 0.6 is 0 Å². The maximum atomic E-state index is 3.91. The summed E-state index contributed by atoms with van der Waals surface area (Å²) in [7, 11) is 0. The summed E-state index contributed by atoms with van der Waals surface area (Å²) in [6, 6.07) is 0. The molecule has 0 radical (unpaired) electrons. The molecule has 0 saturated carbocycles. The number of allylic oxidation sites excluding steroid dienone is 5. The van der Waals surface area contributed by atoms with Crippen molar-refractivity contribution >= 4 is 0 Å². The average Bonchev–Trinajstić information content (AvgIpc) is 2.01. The van der Waals surface area contributed by atoms with Crippen LogP contribution in [0.1, 0.15) is 40.5 Å². The Morgan fingerprint density at radius 1 is 1.57 bits per heavy atom. The van der Waals surface area contributed by atoms with Crippen LogP contribution in [-0.4, -0.2) is 0 Å². The summed E-state index contributed by atoms with van der Waals surface area (Å²) in [5.74, 6) is 0.591. The first-order chi connectivity index (χ1) is 6.43. The van der Waals surface area contributed by atoms with Crippen molar-refractivity contribution in [2.45, 2.75) is 40.5 Å². The Balaban J connectivity index is 2.86. The molecule has 0 N–H and O–H groups in total. The van der Waals surface area contributed by atoms with Crippen LogP contribution in [-0.2, 0) is 0 Å². The van der Waals surface area contributed by atoms with Crippen molar-refractivity contribution in [2.24, 2.45) is 11.3 Å². The fourth-order valence-corrected chi connectivity index (χ4v) is 2.24. The topological polar surface area (TPSA) is 0 Å². The molecule has 1 aliphatic rings. The Kier molecular flexibility index (Phi) is 3.36.